The highest BCUT2D eigenvalue weighted by Gasteiger charge is 2.29. The summed E-state index contributed by atoms with van der Waals surface area (Å²) in [5, 5.41) is -0.161. The van der Waals surface area contributed by atoms with E-state index < -0.39 is 0 Å². The topological polar surface area (TPSA) is 53.2 Å². The molecule has 4 nitrogen and oxygen atoms in total. The molecule has 0 aromatic carbocycles. The van der Waals surface area contributed by atoms with Crippen LogP contribution in [0.15, 0.2) is 23.1 Å². The Kier molecular flexibility index (Phi) is 2.29. The molecule has 0 spiro atoms. The zero-order chi connectivity index (χ0) is 10.1. The van der Waals surface area contributed by atoms with Gasteiger partial charge in [-0.05, 0) is 0 Å². The minimum absolute atomic E-state index is 0.0492. The Morgan fingerprint density at radius 1 is 1.50 bits per heavy atom. The second-order valence-electron chi connectivity index (χ2n) is 3.22. The lowest BCUT2D eigenvalue weighted by molar-refractivity contribution is -0.117. The van der Waals surface area contributed by atoms with E-state index in [-0.39, 0.29) is 16.7 Å². The maximum absolute atomic E-state index is 11.4. The van der Waals surface area contributed by atoms with E-state index in [4.69, 9.17) is 11.6 Å². The van der Waals surface area contributed by atoms with E-state index in [2.05, 4.69) is 4.98 Å². The van der Waals surface area contributed by atoms with Crippen LogP contribution >= 0.6 is 11.6 Å². The number of hydrogen-bond donors (Lipinski definition) is 1. The number of halogens is 1. The molecule has 2 heterocycles. The Morgan fingerprint density at radius 2 is 2.29 bits per heavy atom. The number of carbonyl (C=O) groups is 1. The van der Waals surface area contributed by atoms with Gasteiger partial charge in [0.1, 0.15) is 5.82 Å². The van der Waals surface area contributed by atoms with Crippen molar-refractivity contribution in [1.29, 1.82) is 0 Å². The summed E-state index contributed by atoms with van der Waals surface area (Å²) in [5.41, 5.74) is -0.121. The van der Waals surface area contributed by atoms with E-state index >= 15 is 0 Å². The molecule has 0 radical (unpaired) electrons. The lowest BCUT2D eigenvalue weighted by atomic mass is 10.4. The summed E-state index contributed by atoms with van der Waals surface area (Å²) in [6.07, 6.45) is 1.85. The van der Waals surface area contributed by atoms with Crippen molar-refractivity contribution in [3.05, 3.63) is 28.6 Å². The number of hydrogen-bond acceptors (Lipinski definition) is 2. The number of H-pyrrole nitrogens is 1. The predicted molar refractivity (Wildman–Crippen MR) is 53.7 cm³/mol. The summed E-state index contributed by atoms with van der Waals surface area (Å²) in [7, 11) is 0. The highest BCUT2D eigenvalue weighted by atomic mass is 35.5. The number of amides is 1. The third-order valence-corrected chi connectivity index (χ3v) is 2.42. The number of rotatable bonds is 1. The van der Waals surface area contributed by atoms with Crippen LogP contribution in [0.25, 0.3) is 0 Å². The highest BCUT2D eigenvalue weighted by Crippen LogP contribution is 2.20. The zero-order valence-electron chi connectivity index (χ0n) is 7.37. The first-order valence-electron chi connectivity index (χ1n) is 4.30. The fourth-order valence-corrected chi connectivity index (χ4v) is 1.76. The summed E-state index contributed by atoms with van der Waals surface area (Å²) >= 11 is 5.84. The summed E-state index contributed by atoms with van der Waals surface area (Å²) in [6, 6.07) is 2.80. The maximum Gasteiger partial charge on any atom is 0.229 e. The van der Waals surface area contributed by atoms with E-state index in [1.165, 1.54) is 23.2 Å². The van der Waals surface area contributed by atoms with Gasteiger partial charge in [-0.3, -0.25) is 14.5 Å². The van der Waals surface area contributed by atoms with Crippen molar-refractivity contribution in [2.24, 2.45) is 0 Å². The Bertz CT molecular complexity index is 415. The summed E-state index contributed by atoms with van der Waals surface area (Å²) in [5.74, 6) is 0.470. The molecule has 0 aliphatic carbocycles. The third-order valence-electron chi connectivity index (χ3n) is 2.13. The molecule has 1 unspecified atom stereocenters. The van der Waals surface area contributed by atoms with Gasteiger partial charge in [-0.15, -0.1) is 11.6 Å². The summed E-state index contributed by atoms with van der Waals surface area (Å²) < 4.78 is 0. The number of anilines is 1. The van der Waals surface area contributed by atoms with Gasteiger partial charge in [0.25, 0.3) is 0 Å². The Hall–Kier alpha value is -1.29. The number of pyridine rings is 1. The van der Waals surface area contributed by atoms with E-state index in [0.29, 0.717) is 18.8 Å². The monoisotopic (exact) mass is 212 g/mol. The van der Waals surface area contributed by atoms with Crippen LogP contribution in [0, 0.1) is 0 Å². The van der Waals surface area contributed by atoms with Gasteiger partial charge >= 0.3 is 0 Å². The van der Waals surface area contributed by atoms with Gasteiger partial charge in [0.05, 0.1) is 5.38 Å². The molecular weight excluding hydrogens is 204 g/mol. The summed E-state index contributed by atoms with van der Waals surface area (Å²) in [4.78, 5) is 26.8. The molecule has 1 atom stereocenters. The summed E-state index contributed by atoms with van der Waals surface area (Å²) in [6.45, 7) is 0.459. The lowest BCUT2D eigenvalue weighted by Crippen LogP contribution is -2.26. The van der Waals surface area contributed by atoms with Crippen LogP contribution in [0.1, 0.15) is 6.42 Å². The SMILES string of the molecule is O=C1CC(Cl)CN1c1cc(=O)cc[nH]1. The second-order valence-corrected chi connectivity index (χ2v) is 3.83. The van der Waals surface area contributed by atoms with E-state index in [1.807, 2.05) is 0 Å². The smallest absolute Gasteiger partial charge is 0.229 e. The Labute approximate surface area is 85.5 Å². The molecule has 1 saturated heterocycles. The van der Waals surface area contributed by atoms with Crippen LogP contribution in [-0.4, -0.2) is 22.8 Å². The molecule has 1 aliphatic heterocycles. The van der Waals surface area contributed by atoms with Crippen molar-refractivity contribution in [2.75, 3.05) is 11.4 Å². The van der Waals surface area contributed by atoms with Gasteiger partial charge in [-0.2, -0.15) is 0 Å². The lowest BCUT2D eigenvalue weighted by Gasteiger charge is -2.14. The number of nitrogens with one attached hydrogen (secondary N) is 1. The normalized spacial score (nSPS) is 21.6. The van der Waals surface area contributed by atoms with Gasteiger partial charge < -0.3 is 4.98 Å². The molecule has 5 heteroatoms. The fraction of sp³-hybridized carbons (Fsp3) is 0.333. The van der Waals surface area contributed by atoms with E-state index in [9.17, 15) is 9.59 Å². The average Bonchev–Trinajstić information content (AvgIpc) is 2.45. The van der Waals surface area contributed by atoms with Crippen molar-refractivity contribution >= 4 is 23.3 Å². The van der Waals surface area contributed by atoms with E-state index in [1.54, 1.807) is 0 Å². The predicted octanol–water partition coefficient (Wildman–Crippen LogP) is 0.719. The molecule has 1 aromatic rings. The van der Waals surface area contributed by atoms with Gasteiger partial charge in [-0.25, -0.2) is 0 Å². The van der Waals surface area contributed by atoms with Gasteiger partial charge in [0, 0.05) is 31.3 Å². The number of carbonyl (C=O) groups excluding carboxylic acids is 1. The first-order valence-corrected chi connectivity index (χ1v) is 4.73. The molecule has 14 heavy (non-hydrogen) atoms. The number of aromatic amines is 1. The van der Waals surface area contributed by atoms with Crippen molar-refractivity contribution in [2.45, 2.75) is 11.8 Å². The number of nitrogens with zero attached hydrogens (tertiary/aromatic N) is 1. The minimum Gasteiger partial charge on any atom is -0.348 e. The molecule has 2 rings (SSSR count). The molecule has 1 aromatic heterocycles. The molecule has 1 fully saturated rings. The number of alkyl halides is 1. The first kappa shape index (κ1) is 9.27. The molecular formula is C9H9ClN2O2. The van der Waals surface area contributed by atoms with Gasteiger partial charge in [0.2, 0.25) is 5.91 Å². The van der Waals surface area contributed by atoms with Gasteiger partial charge in [-0.1, -0.05) is 0 Å². The molecule has 1 N–H and O–H groups in total. The van der Waals surface area contributed by atoms with Crippen molar-refractivity contribution in [3.63, 3.8) is 0 Å². The fourth-order valence-electron chi connectivity index (χ4n) is 1.49. The third kappa shape index (κ3) is 1.65. The molecule has 74 valence electrons. The first-order chi connectivity index (χ1) is 6.66. The van der Waals surface area contributed by atoms with Crippen LogP contribution in [-0.2, 0) is 4.79 Å². The van der Waals surface area contributed by atoms with Crippen LogP contribution in [0.5, 0.6) is 0 Å². The quantitative estimate of drug-likeness (QED) is 0.698. The number of aromatic nitrogens is 1. The Balaban J connectivity index is 2.32. The highest BCUT2D eigenvalue weighted by molar-refractivity contribution is 6.24. The largest absolute Gasteiger partial charge is 0.348 e. The average molecular weight is 213 g/mol. The maximum atomic E-state index is 11.4. The molecule has 0 saturated carbocycles. The van der Waals surface area contributed by atoms with Crippen molar-refractivity contribution in [3.8, 4) is 0 Å². The van der Waals surface area contributed by atoms with Crippen LogP contribution < -0.4 is 10.3 Å². The van der Waals surface area contributed by atoms with Crippen molar-refractivity contribution in [1.82, 2.24) is 4.98 Å². The standard InChI is InChI=1S/C9H9ClN2O2/c10-6-3-9(14)12(5-6)8-4-7(13)1-2-11-8/h1-2,4,6H,3,5H2,(H,11,13). The van der Waals surface area contributed by atoms with Crippen molar-refractivity contribution < 1.29 is 4.79 Å². The molecule has 1 amide bonds. The molecule has 1 aliphatic rings. The van der Waals surface area contributed by atoms with Gasteiger partial charge in [0.15, 0.2) is 5.43 Å². The van der Waals surface area contributed by atoms with E-state index in [0.717, 1.165) is 0 Å². The minimum atomic E-state index is -0.161. The Morgan fingerprint density at radius 3 is 2.86 bits per heavy atom. The van der Waals surface area contributed by atoms with Crippen LogP contribution in [0.3, 0.4) is 0 Å². The molecule has 0 bridgehead atoms. The van der Waals surface area contributed by atoms with Crippen LogP contribution in [0.4, 0.5) is 5.82 Å². The van der Waals surface area contributed by atoms with Crippen LogP contribution in [0.2, 0.25) is 0 Å². The zero-order valence-corrected chi connectivity index (χ0v) is 8.12. The second kappa shape index (κ2) is 3.46.